The first kappa shape index (κ1) is 16.9. The van der Waals surface area contributed by atoms with Crippen molar-refractivity contribution in [3.05, 3.63) is 48.0 Å². The van der Waals surface area contributed by atoms with E-state index in [1.54, 1.807) is 11.0 Å². The van der Waals surface area contributed by atoms with Gasteiger partial charge in [-0.25, -0.2) is 14.4 Å². The van der Waals surface area contributed by atoms with Gasteiger partial charge < -0.3 is 9.64 Å². The number of rotatable bonds is 5. The lowest BCUT2D eigenvalue weighted by atomic mass is 10.1. The molecule has 2 aromatic rings. The van der Waals surface area contributed by atoms with E-state index in [-0.39, 0.29) is 35.3 Å². The SMILES string of the molecule is CC(C)N(C(=O)c1cc(F)ccc1Oc1ncccn1)C(C)C. The number of carbonyl (C=O) groups is 1. The normalized spacial score (nSPS) is 10.9. The van der Waals surface area contributed by atoms with Crippen molar-refractivity contribution in [3.63, 3.8) is 0 Å². The number of hydrogen-bond donors (Lipinski definition) is 0. The van der Waals surface area contributed by atoms with Gasteiger partial charge in [-0.15, -0.1) is 0 Å². The number of aromatic nitrogens is 2. The molecule has 1 heterocycles. The molecule has 122 valence electrons. The predicted molar refractivity (Wildman–Crippen MR) is 84.9 cm³/mol. The van der Waals surface area contributed by atoms with Crippen molar-refractivity contribution in [2.75, 3.05) is 0 Å². The zero-order valence-electron chi connectivity index (χ0n) is 13.7. The Hall–Kier alpha value is -2.50. The summed E-state index contributed by atoms with van der Waals surface area (Å²) >= 11 is 0. The molecule has 0 bridgehead atoms. The van der Waals surface area contributed by atoms with E-state index in [1.807, 2.05) is 27.7 Å². The zero-order valence-corrected chi connectivity index (χ0v) is 13.7. The summed E-state index contributed by atoms with van der Waals surface area (Å²) in [5, 5.41) is 0. The summed E-state index contributed by atoms with van der Waals surface area (Å²) < 4.78 is 19.2. The van der Waals surface area contributed by atoms with Crippen LogP contribution in [-0.2, 0) is 0 Å². The predicted octanol–water partition coefficient (Wildman–Crippen LogP) is 3.67. The summed E-state index contributed by atoms with van der Waals surface area (Å²) in [5.74, 6) is -0.559. The number of ether oxygens (including phenoxy) is 1. The quantitative estimate of drug-likeness (QED) is 0.844. The molecule has 0 spiro atoms. The van der Waals surface area contributed by atoms with E-state index in [0.29, 0.717) is 0 Å². The summed E-state index contributed by atoms with van der Waals surface area (Å²) in [7, 11) is 0. The van der Waals surface area contributed by atoms with Crippen LogP contribution in [0.3, 0.4) is 0 Å². The monoisotopic (exact) mass is 317 g/mol. The third kappa shape index (κ3) is 4.03. The Labute approximate surface area is 135 Å². The number of halogens is 1. The van der Waals surface area contributed by atoms with Gasteiger partial charge in [0.05, 0.1) is 5.56 Å². The molecule has 0 unspecified atom stereocenters. The maximum Gasteiger partial charge on any atom is 0.321 e. The first-order valence-corrected chi connectivity index (χ1v) is 7.47. The van der Waals surface area contributed by atoms with Gasteiger partial charge in [-0.1, -0.05) is 0 Å². The molecule has 0 N–H and O–H groups in total. The summed E-state index contributed by atoms with van der Waals surface area (Å²) in [5.41, 5.74) is 0.153. The average Bonchev–Trinajstić information content (AvgIpc) is 2.49. The topological polar surface area (TPSA) is 55.3 Å². The van der Waals surface area contributed by atoms with E-state index in [2.05, 4.69) is 9.97 Å². The molecular weight excluding hydrogens is 297 g/mol. The second-order valence-electron chi connectivity index (χ2n) is 5.67. The Morgan fingerprint density at radius 3 is 2.30 bits per heavy atom. The number of nitrogens with zero attached hydrogens (tertiary/aromatic N) is 3. The number of hydrogen-bond acceptors (Lipinski definition) is 4. The minimum atomic E-state index is -0.498. The molecule has 0 atom stereocenters. The molecule has 5 nitrogen and oxygen atoms in total. The standard InChI is InChI=1S/C17H20FN3O2/c1-11(2)21(12(3)4)16(22)14-10-13(18)6-7-15(14)23-17-19-8-5-9-20-17/h5-12H,1-4H3. The third-order valence-electron chi connectivity index (χ3n) is 3.26. The van der Waals surface area contributed by atoms with E-state index in [1.165, 1.54) is 30.6 Å². The Morgan fingerprint density at radius 2 is 1.74 bits per heavy atom. The Bertz CT molecular complexity index is 667. The maximum atomic E-state index is 13.7. The van der Waals surface area contributed by atoms with Crippen LogP contribution in [-0.4, -0.2) is 32.9 Å². The van der Waals surface area contributed by atoms with Crippen molar-refractivity contribution in [2.24, 2.45) is 0 Å². The largest absolute Gasteiger partial charge is 0.423 e. The minimum absolute atomic E-state index is 0.0217. The van der Waals surface area contributed by atoms with Crippen LogP contribution in [0.1, 0.15) is 38.1 Å². The Morgan fingerprint density at radius 1 is 1.13 bits per heavy atom. The van der Waals surface area contributed by atoms with Crippen molar-refractivity contribution in [3.8, 4) is 11.8 Å². The lowest BCUT2D eigenvalue weighted by molar-refractivity contribution is 0.0640. The van der Waals surface area contributed by atoms with Gasteiger partial charge in [0.25, 0.3) is 5.91 Å². The molecule has 23 heavy (non-hydrogen) atoms. The molecule has 0 saturated carbocycles. The van der Waals surface area contributed by atoms with Gasteiger partial charge in [-0.05, 0) is 52.0 Å². The van der Waals surface area contributed by atoms with Crippen LogP contribution in [0.5, 0.6) is 11.8 Å². The minimum Gasteiger partial charge on any atom is -0.423 e. The van der Waals surface area contributed by atoms with Crippen LogP contribution in [0.15, 0.2) is 36.7 Å². The molecule has 1 aromatic heterocycles. The molecule has 0 aliphatic carbocycles. The van der Waals surface area contributed by atoms with E-state index < -0.39 is 5.82 Å². The van der Waals surface area contributed by atoms with E-state index >= 15 is 0 Å². The van der Waals surface area contributed by atoms with Crippen molar-refractivity contribution in [1.82, 2.24) is 14.9 Å². The van der Waals surface area contributed by atoms with Crippen LogP contribution >= 0.6 is 0 Å². The first-order valence-electron chi connectivity index (χ1n) is 7.47. The number of benzene rings is 1. The Balaban J connectivity index is 2.40. The highest BCUT2D eigenvalue weighted by Crippen LogP contribution is 2.26. The van der Waals surface area contributed by atoms with E-state index in [0.717, 1.165) is 0 Å². The first-order chi connectivity index (χ1) is 10.9. The van der Waals surface area contributed by atoms with Crippen LogP contribution in [0.2, 0.25) is 0 Å². The van der Waals surface area contributed by atoms with Gasteiger partial charge in [-0.2, -0.15) is 0 Å². The van der Waals surface area contributed by atoms with Crippen LogP contribution < -0.4 is 4.74 Å². The fourth-order valence-electron chi connectivity index (χ4n) is 2.40. The summed E-state index contributed by atoms with van der Waals surface area (Å²) in [6.45, 7) is 7.66. The fraction of sp³-hybridized carbons (Fsp3) is 0.353. The molecule has 0 fully saturated rings. The molecule has 2 rings (SSSR count). The highest BCUT2D eigenvalue weighted by Gasteiger charge is 2.25. The van der Waals surface area contributed by atoms with Gasteiger partial charge >= 0.3 is 6.01 Å². The fourth-order valence-corrected chi connectivity index (χ4v) is 2.40. The van der Waals surface area contributed by atoms with Crippen molar-refractivity contribution in [1.29, 1.82) is 0 Å². The molecule has 1 aromatic carbocycles. The molecule has 1 amide bonds. The molecule has 0 aliphatic heterocycles. The van der Waals surface area contributed by atoms with Gasteiger partial charge in [0.15, 0.2) is 0 Å². The van der Waals surface area contributed by atoms with Crippen LogP contribution in [0, 0.1) is 5.82 Å². The second kappa shape index (κ2) is 7.17. The Kier molecular flexibility index (Phi) is 5.26. The summed E-state index contributed by atoms with van der Waals surface area (Å²) in [6, 6.07) is 5.55. The van der Waals surface area contributed by atoms with Gasteiger partial charge in [0, 0.05) is 24.5 Å². The van der Waals surface area contributed by atoms with Crippen molar-refractivity contribution in [2.45, 2.75) is 39.8 Å². The van der Waals surface area contributed by atoms with Crippen molar-refractivity contribution >= 4 is 5.91 Å². The smallest absolute Gasteiger partial charge is 0.321 e. The zero-order chi connectivity index (χ0) is 17.0. The van der Waals surface area contributed by atoms with Gasteiger partial charge in [0.1, 0.15) is 11.6 Å². The number of carbonyl (C=O) groups excluding carboxylic acids is 1. The molecular formula is C17H20FN3O2. The van der Waals surface area contributed by atoms with E-state index in [9.17, 15) is 9.18 Å². The highest BCUT2D eigenvalue weighted by molar-refractivity contribution is 5.97. The highest BCUT2D eigenvalue weighted by atomic mass is 19.1. The van der Waals surface area contributed by atoms with Crippen molar-refractivity contribution < 1.29 is 13.9 Å². The molecule has 0 saturated heterocycles. The molecule has 0 aliphatic rings. The maximum absolute atomic E-state index is 13.7. The third-order valence-corrected chi connectivity index (χ3v) is 3.26. The summed E-state index contributed by atoms with van der Waals surface area (Å²) in [4.78, 5) is 22.4. The molecule has 0 radical (unpaired) electrons. The van der Waals surface area contributed by atoms with Gasteiger partial charge in [-0.3, -0.25) is 4.79 Å². The van der Waals surface area contributed by atoms with Crippen LogP contribution in [0.4, 0.5) is 4.39 Å². The lowest BCUT2D eigenvalue weighted by Crippen LogP contribution is -2.42. The average molecular weight is 317 g/mol. The van der Waals surface area contributed by atoms with Crippen LogP contribution in [0.25, 0.3) is 0 Å². The lowest BCUT2D eigenvalue weighted by Gasteiger charge is -2.31. The van der Waals surface area contributed by atoms with Gasteiger partial charge in [0.2, 0.25) is 0 Å². The second-order valence-corrected chi connectivity index (χ2v) is 5.67. The number of amides is 1. The summed E-state index contributed by atoms with van der Waals surface area (Å²) in [6.07, 6.45) is 3.06. The van der Waals surface area contributed by atoms with E-state index in [4.69, 9.17) is 4.74 Å². The molecule has 6 heteroatoms.